The minimum atomic E-state index is -0.660. The van der Waals surface area contributed by atoms with Gasteiger partial charge in [-0.05, 0) is 36.4 Å². The zero-order valence-electron chi connectivity index (χ0n) is 14.4. The van der Waals surface area contributed by atoms with Crippen molar-refractivity contribution in [1.29, 1.82) is 0 Å². The lowest BCUT2D eigenvalue weighted by atomic mass is 10.1. The standard InChI is InChI=1S/C19H16ClN3O4/c1-27-16-5-3-2-4-12(16)10-15-18(25)23(19(26)22-15)11-17(24)21-14-8-6-13(20)7-9-14/h2-10H,11H2,1H3,(H,21,24)(H,22,26)/b15-10-. The molecule has 0 radical (unpaired) electrons. The van der Waals surface area contributed by atoms with Crippen molar-refractivity contribution in [2.45, 2.75) is 0 Å². The van der Waals surface area contributed by atoms with E-state index in [1.807, 2.05) is 0 Å². The summed E-state index contributed by atoms with van der Waals surface area (Å²) in [5.41, 5.74) is 1.22. The van der Waals surface area contributed by atoms with E-state index in [0.29, 0.717) is 22.0 Å². The fourth-order valence-electron chi connectivity index (χ4n) is 2.53. The van der Waals surface area contributed by atoms with Crippen LogP contribution in [0.4, 0.5) is 10.5 Å². The molecule has 2 aromatic rings. The van der Waals surface area contributed by atoms with Gasteiger partial charge in [0.05, 0.1) is 7.11 Å². The molecule has 0 bridgehead atoms. The quantitative estimate of drug-likeness (QED) is 0.612. The number of imide groups is 1. The number of nitrogens with one attached hydrogen (secondary N) is 2. The number of halogens is 1. The van der Waals surface area contributed by atoms with Crippen LogP contribution in [0.2, 0.25) is 5.02 Å². The summed E-state index contributed by atoms with van der Waals surface area (Å²) in [5, 5.41) is 5.62. The molecule has 2 aromatic carbocycles. The van der Waals surface area contributed by atoms with Gasteiger partial charge in [-0.2, -0.15) is 0 Å². The number of hydrogen-bond donors (Lipinski definition) is 2. The van der Waals surface area contributed by atoms with Crippen molar-refractivity contribution in [3.63, 3.8) is 0 Å². The average Bonchev–Trinajstić information content (AvgIpc) is 2.91. The van der Waals surface area contributed by atoms with E-state index < -0.39 is 24.4 Å². The Balaban J connectivity index is 1.71. The van der Waals surface area contributed by atoms with E-state index in [-0.39, 0.29) is 5.70 Å². The van der Waals surface area contributed by atoms with Crippen LogP contribution >= 0.6 is 11.6 Å². The highest BCUT2D eigenvalue weighted by Gasteiger charge is 2.35. The first-order chi connectivity index (χ1) is 13.0. The molecule has 1 aliphatic heterocycles. The van der Waals surface area contributed by atoms with Gasteiger partial charge >= 0.3 is 6.03 Å². The van der Waals surface area contributed by atoms with E-state index in [2.05, 4.69) is 10.6 Å². The zero-order valence-corrected chi connectivity index (χ0v) is 15.1. The summed E-state index contributed by atoms with van der Waals surface area (Å²) in [7, 11) is 1.51. The molecule has 7 nitrogen and oxygen atoms in total. The van der Waals surface area contributed by atoms with Crippen LogP contribution in [0.1, 0.15) is 5.56 Å². The Morgan fingerprint density at radius 1 is 1.19 bits per heavy atom. The first-order valence-corrected chi connectivity index (χ1v) is 8.38. The molecule has 1 aliphatic rings. The maximum absolute atomic E-state index is 12.5. The summed E-state index contributed by atoms with van der Waals surface area (Å²) in [4.78, 5) is 37.6. The topological polar surface area (TPSA) is 87.7 Å². The van der Waals surface area contributed by atoms with Crippen LogP contribution < -0.4 is 15.4 Å². The largest absolute Gasteiger partial charge is 0.496 e. The van der Waals surface area contributed by atoms with Crippen molar-refractivity contribution in [3.8, 4) is 5.75 Å². The number of benzene rings is 2. The van der Waals surface area contributed by atoms with Gasteiger partial charge in [-0.15, -0.1) is 0 Å². The van der Waals surface area contributed by atoms with Crippen molar-refractivity contribution < 1.29 is 19.1 Å². The normalized spacial score (nSPS) is 15.0. The molecule has 0 saturated carbocycles. The minimum Gasteiger partial charge on any atom is -0.496 e. The van der Waals surface area contributed by atoms with Crippen LogP contribution in [0.25, 0.3) is 6.08 Å². The lowest BCUT2D eigenvalue weighted by molar-refractivity contribution is -0.127. The molecule has 0 atom stereocenters. The van der Waals surface area contributed by atoms with Gasteiger partial charge in [-0.3, -0.25) is 9.59 Å². The third-order valence-corrected chi connectivity index (χ3v) is 4.08. The van der Waals surface area contributed by atoms with Crippen LogP contribution in [-0.4, -0.2) is 36.4 Å². The van der Waals surface area contributed by atoms with Crippen LogP contribution in [0.3, 0.4) is 0 Å². The molecular formula is C19H16ClN3O4. The fourth-order valence-corrected chi connectivity index (χ4v) is 2.66. The van der Waals surface area contributed by atoms with Crippen molar-refractivity contribution >= 4 is 41.2 Å². The monoisotopic (exact) mass is 385 g/mol. The van der Waals surface area contributed by atoms with Gasteiger partial charge in [0.2, 0.25) is 5.91 Å². The van der Waals surface area contributed by atoms with Crippen LogP contribution in [0.15, 0.2) is 54.2 Å². The molecule has 0 aromatic heterocycles. The lowest BCUT2D eigenvalue weighted by Gasteiger charge is -2.12. The molecule has 0 unspecified atom stereocenters. The predicted molar refractivity (Wildman–Crippen MR) is 101 cm³/mol. The Labute approximate surface area is 160 Å². The second kappa shape index (κ2) is 7.92. The molecular weight excluding hydrogens is 370 g/mol. The van der Waals surface area contributed by atoms with E-state index in [0.717, 1.165) is 4.90 Å². The van der Waals surface area contributed by atoms with Gasteiger partial charge in [-0.25, -0.2) is 9.69 Å². The Morgan fingerprint density at radius 3 is 2.59 bits per heavy atom. The number of carbonyl (C=O) groups is 3. The average molecular weight is 386 g/mol. The number of rotatable bonds is 5. The summed E-state index contributed by atoms with van der Waals surface area (Å²) in [6, 6.07) is 12.9. The number of hydrogen-bond acceptors (Lipinski definition) is 4. The van der Waals surface area contributed by atoms with Gasteiger partial charge in [0, 0.05) is 16.3 Å². The van der Waals surface area contributed by atoms with Gasteiger partial charge in [-0.1, -0.05) is 29.8 Å². The number of para-hydroxylation sites is 1. The molecule has 0 aliphatic carbocycles. The first-order valence-electron chi connectivity index (χ1n) is 8.01. The molecule has 2 N–H and O–H groups in total. The number of amides is 4. The van der Waals surface area contributed by atoms with E-state index in [1.54, 1.807) is 48.5 Å². The number of carbonyl (C=O) groups excluding carboxylic acids is 3. The van der Waals surface area contributed by atoms with Crippen molar-refractivity contribution in [2.24, 2.45) is 0 Å². The maximum Gasteiger partial charge on any atom is 0.329 e. The number of anilines is 1. The Bertz CT molecular complexity index is 925. The SMILES string of the molecule is COc1ccccc1/C=C1\NC(=O)N(CC(=O)Nc2ccc(Cl)cc2)C1=O. The van der Waals surface area contributed by atoms with Gasteiger partial charge < -0.3 is 15.4 Å². The summed E-state index contributed by atoms with van der Waals surface area (Å²) in [6.45, 7) is -0.406. The highest BCUT2D eigenvalue weighted by molar-refractivity contribution is 6.30. The first kappa shape index (κ1) is 18.5. The van der Waals surface area contributed by atoms with Gasteiger partial charge in [0.15, 0.2) is 0 Å². The van der Waals surface area contributed by atoms with Crippen LogP contribution in [0.5, 0.6) is 5.75 Å². The number of methoxy groups -OCH3 is 1. The third kappa shape index (κ3) is 4.27. The minimum absolute atomic E-state index is 0.0730. The summed E-state index contributed by atoms with van der Waals surface area (Å²) >= 11 is 5.79. The Morgan fingerprint density at radius 2 is 1.89 bits per heavy atom. The highest BCUT2D eigenvalue weighted by Crippen LogP contribution is 2.22. The van der Waals surface area contributed by atoms with Crippen LogP contribution in [-0.2, 0) is 9.59 Å². The number of ether oxygens (including phenoxy) is 1. The fraction of sp³-hybridized carbons (Fsp3) is 0.105. The molecule has 1 saturated heterocycles. The van der Waals surface area contributed by atoms with E-state index in [1.165, 1.54) is 13.2 Å². The number of urea groups is 1. The smallest absolute Gasteiger partial charge is 0.329 e. The van der Waals surface area contributed by atoms with Crippen LogP contribution in [0, 0.1) is 0 Å². The summed E-state index contributed by atoms with van der Waals surface area (Å²) in [5.74, 6) is -0.525. The van der Waals surface area contributed by atoms with E-state index >= 15 is 0 Å². The molecule has 8 heteroatoms. The van der Waals surface area contributed by atoms with Gasteiger partial charge in [0.25, 0.3) is 5.91 Å². The summed E-state index contributed by atoms with van der Waals surface area (Å²) < 4.78 is 5.23. The maximum atomic E-state index is 12.5. The van der Waals surface area contributed by atoms with E-state index in [4.69, 9.17) is 16.3 Å². The molecule has 27 heavy (non-hydrogen) atoms. The molecule has 1 heterocycles. The molecule has 0 spiro atoms. The summed E-state index contributed by atoms with van der Waals surface area (Å²) in [6.07, 6.45) is 1.51. The van der Waals surface area contributed by atoms with Crippen molar-refractivity contribution in [3.05, 3.63) is 64.8 Å². The molecule has 4 amide bonds. The Kier molecular flexibility index (Phi) is 5.42. The zero-order chi connectivity index (χ0) is 19.4. The third-order valence-electron chi connectivity index (χ3n) is 3.83. The van der Waals surface area contributed by atoms with E-state index in [9.17, 15) is 14.4 Å². The molecule has 1 fully saturated rings. The highest BCUT2D eigenvalue weighted by atomic mass is 35.5. The molecule has 3 rings (SSSR count). The van der Waals surface area contributed by atoms with Crippen molar-refractivity contribution in [2.75, 3.05) is 19.0 Å². The molecule has 138 valence electrons. The number of nitrogens with zero attached hydrogens (tertiary/aromatic N) is 1. The second-order valence-electron chi connectivity index (χ2n) is 5.68. The second-order valence-corrected chi connectivity index (χ2v) is 6.11. The predicted octanol–water partition coefficient (Wildman–Crippen LogP) is 2.88. The van der Waals surface area contributed by atoms with Gasteiger partial charge in [0.1, 0.15) is 18.0 Å². The lowest BCUT2D eigenvalue weighted by Crippen LogP contribution is -2.38. The van der Waals surface area contributed by atoms with Crippen molar-refractivity contribution in [1.82, 2.24) is 10.2 Å². The Hall–Kier alpha value is -3.32.